The van der Waals surface area contributed by atoms with Crippen LogP contribution in [-0.4, -0.2) is 44.1 Å². The molecule has 0 unspecified atom stereocenters. The summed E-state index contributed by atoms with van der Waals surface area (Å²) in [5.41, 5.74) is 2.65. The molecule has 27 heavy (non-hydrogen) atoms. The third-order valence-corrected chi connectivity index (χ3v) is 5.09. The molecule has 0 saturated heterocycles. The standard InChI is InChI=1S/C19H22N6O2/c1-12-11-20-19(21-14-9-7-13(8-10-14)18(26)27-2)22-17(12)25-16-6-4-3-5-15(16)23-24-25/h3-6,11,13-14H,7-10H2,1-2H3,(H,20,21,22)/t13-,14-. The van der Waals surface area contributed by atoms with Gasteiger partial charge < -0.3 is 10.1 Å². The Hall–Kier alpha value is -3.03. The summed E-state index contributed by atoms with van der Waals surface area (Å²) >= 11 is 0. The lowest BCUT2D eigenvalue weighted by atomic mass is 9.86. The fourth-order valence-electron chi connectivity index (χ4n) is 3.57. The lowest BCUT2D eigenvalue weighted by molar-refractivity contribution is -0.146. The first kappa shape index (κ1) is 17.4. The summed E-state index contributed by atoms with van der Waals surface area (Å²) in [6.07, 6.45) is 5.20. The van der Waals surface area contributed by atoms with E-state index in [0.717, 1.165) is 42.3 Å². The second kappa shape index (κ2) is 7.30. The van der Waals surface area contributed by atoms with E-state index in [0.29, 0.717) is 11.8 Å². The molecule has 0 radical (unpaired) electrons. The van der Waals surface area contributed by atoms with Gasteiger partial charge in [-0.3, -0.25) is 4.79 Å². The van der Waals surface area contributed by atoms with Crippen LogP contribution in [0.3, 0.4) is 0 Å². The van der Waals surface area contributed by atoms with Crippen LogP contribution in [0.25, 0.3) is 16.9 Å². The van der Waals surface area contributed by atoms with Gasteiger partial charge in [0.15, 0.2) is 5.82 Å². The maximum absolute atomic E-state index is 11.7. The number of rotatable bonds is 4. The first-order chi connectivity index (χ1) is 13.2. The van der Waals surface area contributed by atoms with Crippen LogP contribution < -0.4 is 5.32 Å². The molecule has 0 spiro atoms. The van der Waals surface area contributed by atoms with Crippen molar-refractivity contribution in [3.05, 3.63) is 36.0 Å². The molecule has 140 valence electrons. The predicted molar refractivity (Wildman–Crippen MR) is 101 cm³/mol. The number of fused-ring (bicyclic) bond motifs is 1. The minimum Gasteiger partial charge on any atom is -0.469 e. The average Bonchev–Trinajstić information content (AvgIpc) is 3.13. The van der Waals surface area contributed by atoms with Gasteiger partial charge in [-0.1, -0.05) is 17.3 Å². The normalized spacial score (nSPS) is 19.8. The Labute approximate surface area is 157 Å². The molecule has 0 amide bonds. The van der Waals surface area contributed by atoms with Crippen LogP contribution in [0.1, 0.15) is 31.2 Å². The fraction of sp³-hybridized carbons (Fsp3) is 0.421. The molecule has 8 nitrogen and oxygen atoms in total. The molecule has 1 aliphatic carbocycles. The maximum Gasteiger partial charge on any atom is 0.308 e. The fourth-order valence-corrected chi connectivity index (χ4v) is 3.57. The third kappa shape index (κ3) is 3.47. The zero-order chi connectivity index (χ0) is 18.8. The van der Waals surface area contributed by atoms with Gasteiger partial charge in [-0.15, -0.1) is 5.10 Å². The Balaban J connectivity index is 1.53. The number of methoxy groups -OCH3 is 1. The molecule has 8 heteroatoms. The van der Waals surface area contributed by atoms with Crippen molar-refractivity contribution in [3.8, 4) is 5.82 Å². The van der Waals surface area contributed by atoms with Gasteiger partial charge in [-0.2, -0.15) is 9.67 Å². The van der Waals surface area contributed by atoms with Crippen molar-refractivity contribution in [2.24, 2.45) is 5.92 Å². The van der Waals surface area contributed by atoms with Crippen LogP contribution in [-0.2, 0) is 9.53 Å². The monoisotopic (exact) mass is 366 g/mol. The molecule has 3 aromatic rings. The number of benzene rings is 1. The molecule has 2 aromatic heterocycles. The summed E-state index contributed by atoms with van der Waals surface area (Å²) in [5.74, 6) is 1.17. The maximum atomic E-state index is 11.7. The van der Waals surface area contributed by atoms with Crippen LogP contribution in [0.4, 0.5) is 5.95 Å². The van der Waals surface area contributed by atoms with Gasteiger partial charge in [0.1, 0.15) is 5.52 Å². The number of nitrogens with one attached hydrogen (secondary N) is 1. The number of carbonyl (C=O) groups excluding carboxylic acids is 1. The molecule has 1 aliphatic rings. The lowest BCUT2D eigenvalue weighted by Crippen LogP contribution is -2.30. The van der Waals surface area contributed by atoms with Crippen molar-refractivity contribution >= 4 is 23.0 Å². The molecule has 2 heterocycles. The Kier molecular flexibility index (Phi) is 4.70. The van der Waals surface area contributed by atoms with Gasteiger partial charge in [0.05, 0.1) is 18.5 Å². The van der Waals surface area contributed by atoms with Gasteiger partial charge in [0, 0.05) is 17.8 Å². The number of nitrogens with zero attached hydrogens (tertiary/aromatic N) is 5. The van der Waals surface area contributed by atoms with Crippen molar-refractivity contribution in [1.29, 1.82) is 0 Å². The van der Waals surface area contributed by atoms with Gasteiger partial charge in [-0.25, -0.2) is 4.98 Å². The Bertz CT molecular complexity index is 962. The molecule has 0 aliphatic heterocycles. The van der Waals surface area contributed by atoms with Gasteiger partial charge >= 0.3 is 5.97 Å². The highest BCUT2D eigenvalue weighted by Crippen LogP contribution is 2.27. The van der Waals surface area contributed by atoms with E-state index in [4.69, 9.17) is 4.74 Å². The smallest absolute Gasteiger partial charge is 0.308 e. The highest BCUT2D eigenvalue weighted by atomic mass is 16.5. The van der Waals surface area contributed by atoms with Crippen molar-refractivity contribution < 1.29 is 9.53 Å². The molecule has 4 rings (SSSR count). The minimum absolute atomic E-state index is 0.00376. The van der Waals surface area contributed by atoms with E-state index in [-0.39, 0.29) is 17.9 Å². The SMILES string of the molecule is COC(=O)[C@H]1CC[C@H](Nc2ncc(C)c(-n3nnc4ccccc43)n2)CC1. The zero-order valence-corrected chi connectivity index (χ0v) is 15.4. The number of carbonyl (C=O) groups is 1. The molecular formula is C19H22N6O2. The first-order valence-electron chi connectivity index (χ1n) is 9.14. The Morgan fingerprint density at radius 2 is 2.00 bits per heavy atom. The second-order valence-corrected chi connectivity index (χ2v) is 6.91. The topological polar surface area (TPSA) is 94.8 Å². The molecule has 0 bridgehead atoms. The van der Waals surface area contributed by atoms with E-state index in [1.165, 1.54) is 7.11 Å². The number of para-hydroxylation sites is 1. The Morgan fingerprint density at radius 1 is 1.22 bits per heavy atom. The summed E-state index contributed by atoms with van der Waals surface area (Å²) in [6, 6.07) is 8.03. The summed E-state index contributed by atoms with van der Waals surface area (Å²) in [4.78, 5) is 20.8. The molecule has 1 saturated carbocycles. The summed E-state index contributed by atoms with van der Waals surface area (Å²) in [7, 11) is 1.45. The quantitative estimate of drug-likeness (QED) is 0.709. The number of aryl methyl sites for hydroxylation is 1. The van der Waals surface area contributed by atoms with E-state index in [1.54, 1.807) is 10.9 Å². The lowest BCUT2D eigenvalue weighted by Gasteiger charge is -2.27. The zero-order valence-electron chi connectivity index (χ0n) is 15.4. The van der Waals surface area contributed by atoms with Gasteiger partial charge in [0.25, 0.3) is 0 Å². The van der Waals surface area contributed by atoms with E-state index in [1.807, 2.05) is 31.2 Å². The molecular weight excluding hydrogens is 344 g/mol. The number of ether oxygens (including phenoxy) is 1. The van der Waals surface area contributed by atoms with Crippen molar-refractivity contribution in [2.45, 2.75) is 38.6 Å². The van der Waals surface area contributed by atoms with Crippen molar-refractivity contribution in [1.82, 2.24) is 25.0 Å². The minimum atomic E-state index is -0.111. The molecule has 1 aromatic carbocycles. The van der Waals surface area contributed by atoms with Crippen LogP contribution in [0.5, 0.6) is 0 Å². The Morgan fingerprint density at radius 3 is 2.78 bits per heavy atom. The predicted octanol–water partition coefficient (Wildman–Crippen LogP) is 2.66. The number of aromatic nitrogens is 5. The third-order valence-electron chi connectivity index (χ3n) is 5.09. The van der Waals surface area contributed by atoms with E-state index in [9.17, 15) is 4.79 Å². The van der Waals surface area contributed by atoms with Crippen LogP contribution in [0.2, 0.25) is 0 Å². The largest absolute Gasteiger partial charge is 0.469 e. The van der Waals surface area contributed by atoms with E-state index in [2.05, 4.69) is 25.6 Å². The summed E-state index contributed by atoms with van der Waals surface area (Å²) < 4.78 is 6.59. The second-order valence-electron chi connectivity index (χ2n) is 6.91. The van der Waals surface area contributed by atoms with Crippen LogP contribution in [0.15, 0.2) is 30.5 Å². The first-order valence-corrected chi connectivity index (χ1v) is 9.14. The molecule has 1 N–H and O–H groups in total. The average molecular weight is 366 g/mol. The van der Waals surface area contributed by atoms with E-state index < -0.39 is 0 Å². The van der Waals surface area contributed by atoms with Gasteiger partial charge in [-0.05, 0) is 44.7 Å². The summed E-state index contributed by atoms with van der Waals surface area (Å²) in [6.45, 7) is 1.96. The summed E-state index contributed by atoms with van der Waals surface area (Å²) in [5, 5.41) is 11.9. The van der Waals surface area contributed by atoms with Crippen molar-refractivity contribution in [2.75, 3.05) is 12.4 Å². The van der Waals surface area contributed by atoms with Crippen LogP contribution >= 0.6 is 0 Å². The number of hydrogen-bond acceptors (Lipinski definition) is 7. The number of esters is 1. The van der Waals surface area contributed by atoms with Crippen molar-refractivity contribution in [3.63, 3.8) is 0 Å². The highest BCUT2D eigenvalue weighted by molar-refractivity contribution is 5.75. The van der Waals surface area contributed by atoms with Gasteiger partial charge in [0.2, 0.25) is 5.95 Å². The van der Waals surface area contributed by atoms with E-state index >= 15 is 0 Å². The number of anilines is 1. The van der Waals surface area contributed by atoms with Crippen LogP contribution in [0, 0.1) is 12.8 Å². The molecule has 1 fully saturated rings. The number of hydrogen-bond donors (Lipinski definition) is 1. The molecule has 0 atom stereocenters. The highest BCUT2D eigenvalue weighted by Gasteiger charge is 2.27.